The van der Waals surface area contributed by atoms with Gasteiger partial charge in [0.25, 0.3) is 5.91 Å². The van der Waals surface area contributed by atoms with Gasteiger partial charge in [0, 0.05) is 11.6 Å². The lowest BCUT2D eigenvalue weighted by Crippen LogP contribution is -2.12. The number of methoxy groups -OCH3 is 2. The van der Waals surface area contributed by atoms with Gasteiger partial charge >= 0.3 is 0 Å². The van der Waals surface area contributed by atoms with Gasteiger partial charge in [-0.05, 0) is 36.2 Å². The molecule has 0 saturated heterocycles. The van der Waals surface area contributed by atoms with Crippen molar-refractivity contribution in [1.29, 1.82) is 0 Å². The Labute approximate surface area is 124 Å². The predicted molar refractivity (Wildman–Crippen MR) is 83.3 cm³/mol. The van der Waals surface area contributed by atoms with Crippen LogP contribution in [0.5, 0.6) is 11.5 Å². The molecule has 0 aliphatic carbocycles. The van der Waals surface area contributed by atoms with Crippen molar-refractivity contribution in [3.63, 3.8) is 0 Å². The standard InChI is InChI=1S/C17H19NO3/c1-4-12-5-7-13(8-6-12)17(19)18-15-10-9-14(20-2)11-16(15)21-3/h5-11H,4H2,1-3H3,(H,18,19). The summed E-state index contributed by atoms with van der Waals surface area (Å²) >= 11 is 0. The Kier molecular flexibility index (Phi) is 4.82. The molecule has 0 radical (unpaired) electrons. The third kappa shape index (κ3) is 3.54. The molecule has 1 amide bonds. The van der Waals surface area contributed by atoms with Crippen LogP contribution in [0, 0.1) is 0 Å². The maximum absolute atomic E-state index is 12.2. The van der Waals surface area contributed by atoms with Crippen molar-refractivity contribution in [3.05, 3.63) is 53.6 Å². The first-order valence-corrected chi connectivity index (χ1v) is 6.80. The average Bonchev–Trinajstić information content (AvgIpc) is 2.55. The van der Waals surface area contributed by atoms with Gasteiger partial charge in [-0.2, -0.15) is 0 Å². The highest BCUT2D eigenvalue weighted by molar-refractivity contribution is 6.05. The van der Waals surface area contributed by atoms with E-state index in [0.717, 1.165) is 6.42 Å². The Hall–Kier alpha value is -2.49. The lowest BCUT2D eigenvalue weighted by atomic mass is 10.1. The largest absolute Gasteiger partial charge is 0.497 e. The molecule has 21 heavy (non-hydrogen) atoms. The Morgan fingerprint density at radius 3 is 2.33 bits per heavy atom. The van der Waals surface area contributed by atoms with E-state index in [1.807, 2.05) is 24.3 Å². The molecule has 0 atom stereocenters. The number of ether oxygens (including phenoxy) is 2. The zero-order valence-corrected chi connectivity index (χ0v) is 12.5. The topological polar surface area (TPSA) is 47.6 Å². The van der Waals surface area contributed by atoms with E-state index in [9.17, 15) is 4.79 Å². The second-order valence-electron chi connectivity index (χ2n) is 4.57. The molecule has 0 aliphatic rings. The van der Waals surface area contributed by atoms with Gasteiger partial charge < -0.3 is 14.8 Å². The number of nitrogens with one attached hydrogen (secondary N) is 1. The number of benzene rings is 2. The van der Waals surface area contributed by atoms with E-state index >= 15 is 0 Å². The predicted octanol–water partition coefficient (Wildman–Crippen LogP) is 3.52. The Morgan fingerprint density at radius 2 is 1.76 bits per heavy atom. The molecule has 0 unspecified atom stereocenters. The molecule has 4 nitrogen and oxygen atoms in total. The van der Waals surface area contributed by atoms with Crippen LogP contribution in [0.3, 0.4) is 0 Å². The lowest BCUT2D eigenvalue weighted by molar-refractivity contribution is 0.102. The first kappa shape index (κ1) is 14.9. The maximum atomic E-state index is 12.2. The van der Waals surface area contributed by atoms with Crippen molar-refractivity contribution >= 4 is 11.6 Å². The minimum absolute atomic E-state index is 0.166. The first-order valence-electron chi connectivity index (χ1n) is 6.80. The van der Waals surface area contributed by atoms with Crippen molar-refractivity contribution in [1.82, 2.24) is 0 Å². The normalized spacial score (nSPS) is 10.0. The van der Waals surface area contributed by atoms with Gasteiger partial charge in [0.05, 0.1) is 19.9 Å². The number of hydrogen-bond acceptors (Lipinski definition) is 3. The van der Waals surface area contributed by atoms with Crippen LogP contribution in [0.25, 0.3) is 0 Å². The number of rotatable bonds is 5. The molecule has 110 valence electrons. The second-order valence-corrected chi connectivity index (χ2v) is 4.57. The van der Waals surface area contributed by atoms with E-state index < -0.39 is 0 Å². The molecule has 0 aromatic heterocycles. The molecular weight excluding hydrogens is 266 g/mol. The van der Waals surface area contributed by atoms with Crippen molar-refractivity contribution in [2.75, 3.05) is 19.5 Å². The molecule has 0 fully saturated rings. The summed E-state index contributed by atoms with van der Waals surface area (Å²) in [5.74, 6) is 1.08. The van der Waals surface area contributed by atoms with Gasteiger partial charge in [0.2, 0.25) is 0 Å². The number of carbonyl (C=O) groups is 1. The van der Waals surface area contributed by atoms with Gasteiger partial charge in [-0.3, -0.25) is 4.79 Å². The minimum Gasteiger partial charge on any atom is -0.497 e. The van der Waals surface area contributed by atoms with E-state index in [-0.39, 0.29) is 5.91 Å². The summed E-state index contributed by atoms with van der Waals surface area (Å²) < 4.78 is 10.4. The third-order valence-electron chi connectivity index (χ3n) is 3.28. The fraction of sp³-hybridized carbons (Fsp3) is 0.235. The van der Waals surface area contributed by atoms with Crippen LogP contribution in [-0.4, -0.2) is 20.1 Å². The molecule has 2 aromatic rings. The average molecular weight is 285 g/mol. The molecule has 0 spiro atoms. The van der Waals surface area contributed by atoms with Crippen LogP contribution in [0.2, 0.25) is 0 Å². The van der Waals surface area contributed by atoms with Crippen LogP contribution in [0.4, 0.5) is 5.69 Å². The van der Waals surface area contributed by atoms with Crippen LogP contribution in [0.15, 0.2) is 42.5 Å². The van der Waals surface area contributed by atoms with Gasteiger partial charge in [0.15, 0.2) is 0 Å². The SMILES string of the molecule is CCc1ccc(C(=O)Nc2ccc(OC)cc2OC)cc1. The number of carbonyl (C=O) groups excluding carboxylic acids is 1. The maximum Gasteiger partial charge on any atom is 0.255 e. The lowest BCUT2D eigenvalue weighted by Gasteiger charge is -2.11. The number of hydrogen-bond donors (Lipinski definition) is 1. The zero-order valence-electron chi connectivity index (χ0n) is 12.5. The van der Waals surface area contributed by atoms with E-state index in [0.29, 0.717) is 22.7 Å². The summed E-state index contributed by atoms with van der Waals surface area (Å²) in [5.41, 5.74) is 2.43. The number of anilines is 1. The van der Waals surface area contributed by atoms with E-state index in [1.54, 1.807) is 32.4 Å². The summed E-state index contributed by atoms with van der Waals surface area (Å²) in [5, 5.41) is 2.85. The molecule has 1 N–H and O–H groups in total. The highest BCUT2D eigenvalue weighted by atomic mass is 16.5. The highest BCUT2D eigenvalue weighted by Crippen LogP contribution is 2.29. The van der Waals surface area contributed by atoms with E-state index in [4.69, 9.17) is 9.47 Å². The summed E-state index contributed by atoms with van der Waals surface area (Å²) in [7, 11) is 3.14. The van der Waals surface area contributed by atoms with E-state index in [1.165, 1.54) is 5.56 Å². The third-order valence-corrected chi connectivity index (χ3v) is 3.28. The van der Waals surface area contributed by atoms with E-state index in [2.05, 4.69) is 12.2 Å². The van der Waals surface area contributed by atoms with Gasteiger partial charge in [-0.25, -0.2) is 0 Å². The van der Waals surface area contributed by atoms with Crippen LogP contribution in [-0.2, 0) is 6.42 Å². The molecule has 2 rings (SSSR count). The summed E-state index contributed by atoms with van der Waals surface area (Å²) in [4.78, 5) is 12.2. The van der Waals surface area contributed by atoms with Crippen LogP contribution >= 0.6 is 0 Å². The number of aryl methyl sites for hydroxylation is 1. The van der Waals surface area contributed by atoms with Crippen LogP contribution < -0.4 is 14.8 Å². The van der Waals surface area contributed by atoms with Crippen molar-refractivity contribution in [2.45, 2.75) is 13.3 Å². The second kappa shape index (κ2) is 6.79. The fourth-order valence-corrected chi connectivity index (χ4v) is 1.99. The Bertz CT molecular complexity index is 620. The van der Waals surface area contributed by atoms with Gasteiger partial charge in [-0.1, -0.05) is 19.1 Å². The fourth-order valence-electron chi connectivity index (χ4n) is 1.99. The van der Waals surface area contributed by atoms with Gasteiger partial charge in [-0.15, -0.1) is 0 Å². The molecule has 0 bridgehead atoms. The molecule has 0 heterocycles. The quantitative estimate of drug-likeness (QED) is 0.914. The highest BCUT2D eigenvalue weighted by Gasteiger charge is 2.10. The summed E-state index contributed by atoms with van der Waals surface area (Å²) in [6.07, 6.45) is 0.953. The van der Waals surface area contributed by atoms with Crippen LogP contribution in [0.1, 0.15) is 22.8 Å². The van der Waals surface area contributed by atoms with Gasteiger partial charge in [0.1, 0.15) is 11.5 Å². The van der Waals surface area contributed by atoms with Crippen molar-refractivity contribution < 1.29 is 14.3 Å². The zero-order chi connectivity index (χ0) is 15.2. The Balaban J connectivity index is 2.18. The number of amides is 1. The summed E-state index contributed by atoms with van der Waals surface area (Å²) in [6, 6.07) is 12.8. The molecule has 0 saturated carbocycles. The molecule has 4 heteroatoms. The smallest absolute Gasteiger partial charge is 0.255 e. The van der Waals surface area contributed by atoms with Crippen molar-refractivity contribution in [2.24, 2.45) is 0 Å². The Morgan fingerprint density at radius 1 is 1.05 bits per heavy atom. The summed E-state index contributed by atoms with van der Waals surface area (Å²) in [6.45, 7) is 2.08. The molecular formula is C17H19NO3. The minimum atomic E-state index is -0.166. The van der Waals surface area contributed by atoms with Crippen molar-refractivity contribution in [3.8, 4) is 11.5 Å². The monoisotopic (exact) mass is 285 g/mol. The first-order chi connectivity index (χ1) is 10.2. The molecule has 0 aliphatic heterocycles. The molecule has 2 aromatic carbocycles.